The highest BCUT2D eigenvalue weighted by Crippen LogP contribution is 2.14. The monoisotopic (exact) mass is 289 g/mol. The quantitative estimate of drug-likeness (QED) is 0.837. The lowest BCUT2D eigenvalue weighted by Crippen LogP contribution is -2.29. The van der Waals surface area contributed by atoms with Crippen molar-refractivity contribution in [3.63, 3.8) is 0 Å². The maximum Gasteiger partial charge on any atom is 0.257 e. The molecule has 2 heterocycles. The molecule has 0 radical (unpaired) electrons. The first-order chi connectivity index (χ1) is 9.91. The van der Waals surface area contributed by atoms with Crippen molar-refractivity contribution in [1.82, 2.24) is 24.2 Å². The normalized spacial score (nSPS) is 10.9. The molecule has 1 amide bonds. The number of amides is 1. The highest BCUT2D eigenvalue weighted by atomic mass is 16.2. The molecular formula is C15H23N5O. The van der Waals surface area contributed by atoms with Crippen molar-refractivity contribution in [3.05, 3.63) is 35.2 Å². The molecule has 0 saturated carbocycles. The number of hydrogen-bond acceptors (Lipinski definition) is 3. The summed E-state index contributed by atoms with van der Waals surface area (Å²) in [6.45, 7) is 4.51. The second-order valence-electron chi connectivity index (χ2n) is 5.45. The topological polar surface area (TPSA) is 56.0 Å². The third-order valence-corrected chi connectivity index (χ3v) is 3.88. The molecule has 6 heteroatoms. The van der Waals surface area contributed by atoms with Gasteiger partial charge in [0.25, 0.3) is 5.91 Å². The lowest BCUT2D eigenvalue weighted by Gasteiger charge is -2.17. The van der Waals surface area contributed by atoms with Crippen molar-refractivity contribution in [1.29, 1.82) is 0 Å². The minimum Gasteiger partial charge on any atom is -0.342 e. The van der Waals surface area contributed by atoms with Crippen LogP contribution >= 0.6 is 0 Å². The Morgan fingerprint density at radius 3 is 2.57 bits per heavy atom. The minimum absolute atomic E-state index is 0.0398. The van der Waals surface area contributed by atoms with E-state index in [9.17, 15) is 4.79 Å². The third-order valence-electron chi connectivity index (χ3n) is 3.88. The second kappa shape index (κ2) is 6.11. The third kappa shape index (κ3) is 3.15. The highest BCUT2D eigenvalue weighted by Gasteiger charge is 2.20. The van der Waals surface area contributed by atoms with E-state index < -0.39 is 0 Å². The van der Waals surface area contributed by atoms with E-state index in [1.807, 2.05) is 45.8 Å². The summed E-state index contributed by atoms with van der Waals surface area (Å²) in [4.78, 5) is 18.6. The maximum absolute atomic E-state index is 12.5. The van der Waals surface area contributed by atoms with Gasteiger partial charge in [-0.3, -0.25) is 9.48 Å². The van der Waals surface area contributed by atoms with E-state index in [1.165, 1.54) is 0 Å². The van der Waals surface area contributed by atoms with E-state index >= 15 is 0 Å². The van der Waals surface area contributed by atoms with Gasteiger partial charge in [0.1, 0.15) is 5.82 Å². The fraction of sp³-hybridized carbons (Fsp3) is 0.533. The molecule has 0 N–H and O–H groups in total. The molecule has 0 saturated heterocycles. The Bertz CT molecular complexity index is 641. The molecule has 2 aromatic rings. The molecule has 114 valence electrons. The van der Waals surface area contributed by atoms with Crippen LogP contribution in [-0.4, -0.2) is 43.7 Å². The van der Waals surface area contributed by atoms with Crippen LogP contribution in [0.5, 0.6) is 0 Å². The van der Waals surface area contributed by atoms with Crippen molar-refractivity contribution in [3.8, 4) is 0 Å². The number of carbonyl (C=O) groups is 1. The Kier molecular flexibility index (Phi) is 4.45. The van der Waals surface area contributed by atoms with Gasteiger partial charge >= 0.3 is 0 Å². The van der Waals surface area contributed by atoms with E-state index in [2.05, 4.69) is 10.1 Å². The summed E-state index contributed by atoms with van der Waals surface area (Å²) in [5.74, 6) is 1.09. The number of hydrogen-bond donors (Lipinski definition) is 0. The summed E-state index contributed by atoms with van der Waals surface area (Å²) < 4.78 is 3.77. The van der Waals surface area contributed by atoms with Crippen LogP contribution in [-0.2, 0) is 20.5 Å². The predicted octanol–water partition coefficient (Wildman–Crippen LogP) is 1.48. The minimum atomic E-state index is 0.0398. The summed E-state index contributed by atoms with van der Waals surface area (Å²) in [6.07, 6.45) is 5.50. The van der Waals surface area contributed by atoms with Crippen LogP contribution in [0.15, 0.2) is 12.4 Å². The molecule has 2 aromatic heterocycles. The number of aromatic nitrogens is 4. The van der Waals surface area contributed by atoms with Crippen molar-refractivity contribution >= 4 is 5.91 Å². The van der Waals surface area contributed by atoms with E-state index in [1.54, 1.807) is 15.8 Å². The van der Waals surface area contributed by atoms with Crippen molar-refractivity contribution in [2.45, 2.75) is 26.7 Å². The Balaban J connectivity index is 1.95. The first-order valence-electron chi connectivity index (χ1n) is 7.13. The summed E-state index contributed by atoms with van der Waals surface area (Å²) in [7, 11) is 5.69. The molecule has 0 aliphatic carbocycles. The SMILES string of the molecule is Cc1nn(C)c(C)c1C(=O)N(C)CCCc1nccn1C. The van der Waals surface area contributed by atoms with Crippen LogP contribution in [0.3, 0.4) is 0 Å². The Morgan fingerprint density at radius 2 is 2.05 bits per heavy atom. The highest BCUT2D eigenvalue weighted by molar-refractivity contribution is 5.96. The summed E-state index contributed by atoms with van der Waals surface area (Å²) in [6, 6.07) is 0. The molecule has 0 spiro atoms. The van der Waals surface area contributed by atoms with Gasteiger partial charge in [0.15, 0.2) is 0 Å². The fourth-order valence-corrected chi connectivity index (χ4v) is 2.49. The smallest absolute Gasteiger partial charge is 0.257 e. The van der Waals surface area contributed by atoms with Crippen LogP contribution in [0, 0.1) is 13.8 Å². The molecule has 2 rings (SSSR count). The largest absolute Gasteiger partial charge is 0.342 e. The van der Waals surface area contributed by atoms with Gasteiger partial charge in [-0.2, -0.15) is 5.10 Å². The predicted molar refractivity (Wildman–Crippen MR) is 81.2 cm³/mol. The number of carbonyl (C=O) groups excluding carboxylic acids is 1. The molecule has 0 aromatic carbocycles. The molecule has 0 unspecified atom stereocenters. The van der Waals surface area contributed by atoms with Crippen LogP contribution in [0.25, 0.3) is 0 Å². The zero-order chi connectivity index (χ0) is 15.6. The Labute approximate surface area is 125 Å². The Morgan fingerprint density at radius 1 is 1.33 bits per heavy atom. The lowest BCUT2D eigenvalue weighted by atomic mass is 10.1. The van der Waals surface area contributed by atoms with Crippen LogP contribution in [0.1, 0.15) is 34.0 Å². The summed E-state index contributed by atoms with van der Waals surface area (Å²) in [5.41, 5.74) is 2.42. The molecular weight excluding hydrogens is 266 g/mol. The zero-order valence-electron chi connectivity index (χ0n) is 13.4. The lowest BCUT2D eigenvalue weighted by molar-refractivity contribution is 0.0792. The van der Waals surface area contributed by atoms with Gasteiger partial charge in [-0.05, 0) is 20.3 Å². The van der Waals surface area contributed by atoms with E-state index in [-0.39, 0.29) is 5.91 Å². The van der Waals surface area contributed by atoms with Crippen molar-refractivity contribution in [2.75, 3.05) is 13.6 Å². The van der Waals surface area contributed by atoms with Crippen molar-refractivity contribution < 1.29 is 4.79 Å². The summed E-state index contributed by atoms with van der Waals surface area (Å²) in [5, 5.41) is 4.30. The Hall–Kier alpha value is -2.11. The average Bonchev–Trinajstić information content (AvgIpc) is 2.94. The number of nitrogens with zero attached hydrogens (tertiary/aromatic N) is 5. The van der Waals surface area contributed by atoms with Crippen LogP contribution in [0.2, 0.25) is 0 Å². The first kappa shape index (κ1) is 15.3. The molecule has 0 aliphatic rings. The number of imidazole rings is 1. The van der Waals surface area contributed by atoms with Gasteiger partial charge in [0.05, 0.1) is 11.3 Å². The van der Waals surface area contributed by atoms with Gasteiger partial charge in [0.2, 0.25) is 0 Å². The van der Waals surface area contributed by atoms with Gasteiger partial charge in [-0.15, -0.1) is 0 Å². The fourth-order valence-electron chi connectivity index (χ4n) is 2.49. The summed E-state index contributed by atoms with van der Waals surface area (Å²) >= 11 is 0. The molecule has 21 heavy (non-hydrogen) atoms. The van der Waals surface area contributed by atoms with Crippen molar-refractivity contribution in [2.24, 2.45) is 14.1 Å². The molecule has 0 atom stereocenters. The van der Waals surface area contributed by atoms with Crippen LogP contribution < -0.4 is 0 Å². The molecule has 0 fully saturated rings. The van der Waals surface area contributed by atoms with Gasteiger partial charge < -0.3 is 9.47 Å². The van der Waals surface area contributed by atoms with Crippen LogP contribution in [0.4, 0.5) is 0 Å². The second-order valence-corrected chi connectivity index (χ2v) is 5.45. The average molecular weight is 289 g/mol. The number of aryl methyl sites for hydroxylation is 4. The zero-order valence-corrected chi connectivity index (χ0v) is 13.4. The van der Waals surface area contributed by atoms with E-state index in [4.69, 9.17) is 0 Å². The van der Waals surface area contributed by atoms with E-state index in [0.29, 0.717) is 6.54 Å². The maximum atomic E-state index is 12.5. The van der Waals surface area contributed by atoms with Gasteiger partial charge in [-0.1, -0.05) is 0 Å². The van der Waals surface area contributed by atoms with Gasteiger partial charge in [-0.25, -0.2) is 4.98 Å². The van der Waals surface area contributed by atoms with E-state index in [0.717, 1.165) is 35.6 Å². The van der Waals surface area contributed by atoms with Gasteiger partial charge in [0, 0.05) is 52.2 Å². The molecule has 6 nitrogen and oxygen atoms in total. The molecule has 0 aliphatic heterocycles. The standard InChI is InChI=1S/C15H23N5O/c1-11-14(12(2)20(5)17-11)15(21)19(4)9-6-7-13-16-8-10-18(13)3/h8,10H,6-7,9H2,1-5H3. The number of rotatable bonds is 5. The molecule has 0 bridgehead atoms. The first-order valence-corrected chi connectivity index (χ1v) is 7.13.